The fourth-order valence-corrected chi connectivity index (χ4v) is 2.78. The van der Waals surface area contributed by atoms with Gasteiger partial charge in [-0.25, -0.2) is 0 Å². The molecule has 90 valence electrons. The fourth-order valence-electron chi connectivity index (χ4n) is 1.79. The molecule has 0 bridgehead atoms. The lowest BCUT2D eigenvalue weighted by Gasteiger charge is -2.17. The topological polar surface area (TPSA) is 0 Å². The van der Waals surface area contributed by atoms with Crippen molar-refractivity contribution in [2.45, 2.75) is 45.9 Å². The van der Waals surface area contributed by atoms with E-state index in [4.69, 9.17) is 11.6 Å². The third-order valence-electron chi connectivity index (χ3n) is 3.19. The van der Waals surface area contributed by atoms with E-state index in [1.54, 1.807) is 0 Å². The number of benzene rings is 1. The van der Waals surface area contributed by atoms with Crippen LogP contribution in [-0.2, 0) is 0 Å². The lowest BCUT2D eigenvalue weighted by Crippen LogP contribution is -2.01. The van der Waals surface area contributed by atoms with Crippen LogP contribution in [0.1, 0.15) is 48.8 Å². The van der Waals surface area contributed by atoms with Crippen LogP contribution in [0.15, 0.2) is 16.6 Å². The van der Waals surface area contributed by atoms with E-state index in [-0.39, 0.29) is 5.38 Å². The number of rotatable bonds is 4. The summed E-state index contributed by atoms with van der Waals surface area (Å²) < 4.78 is 1.17. The van der Waals surface area contributed by atoms with Crippen LogP contribution in [0.5, 0.6) is 0 Å². The molecule has 0 aromatic heterocycles. The molecule has 0 aliphatic carbocycles. The first kappa shape index (κ1) is 14.1. The summed E-state index contributed by atoms with van der Waals surface area (Å²) in [5.74, 6) is 0.686. The zero-order chi connectivity index (χ0) is 12.3. The Labute approximate surface area is 113 Å². The monoisotopic (exact) mass is 302 g/mol. The van der Waals surface area contributed by atoms with Gasteiger partial charge in [-0.1, -0.05) is 42.3 Å². The quantitative estimate of drug-likeness (QED) is 0.618. The molecule has 0 nitrogen and oxygen atoms in total. The molecule has 0 saturated carbocycles. The summed E-state index contributed by atoms with van der Waals surface area (Å²) in [5.41, 5.74) is 3.82. The predicted octanol–water partition coefficient (Wildman–Crippen LogP) is 5.78. The Bertz CT molecular complexity index is 360. The Kier molecular flexibility index (Phi) is 5.33. The molecule has 2 unspecified atom stereocenters. The minimum Gasteiger partial charge on any atom is -0.118 e. The predicted molar refractivity (Wildman–Crippen MR) is 76.3 cm³/mol. The normalized spacial score (nSPS) is 14.9. The zero-order valence-corrected chi connectivity index (χ0v) is 12.8. The van der Waals surface area contributed by atoms with Crippen LogP contribution in [0.2, 0.25) is 0 Å². The van der Waals surface area contributed by atoms with Crippen LogP contribution in [0.25, 0.3) is 0 Å². The van der Waals surface area contributed by atoms with Gasteiger partial charge in [0, 0.05) is 4.47 Å². The van der Waals surface area contributed by atoms with Crippen molar-refractivity contribution in [2.24, 2.45) is 5.92 Å². The molecule has 0 aliphatic heterocycles. The van der Waals surface area contributed by atoms with Gasteiger partial charge >= 0.3 is 0 Å². The Balaban J connectivity index is 2.91. The number of alkyl halides is 1. The minimum absolute atomic E-state index is 0.141. The maximum absolute atomic E-state index is 6.49. The average molecular weight is 304 g/mol. The van der Waals surface area contributed by atoms with Gasteiger partial charge in [-0.15, -0.1) is 11.6 Å². The van der Waals surface area contributed by atoms with Gasteiger partial charge in [0.15, 0.2) is 0 Å². The molecule has 0 amide bonds. The van der Waals surface area contributed by atoms with Crippen LogP contribution in [0.3, 0.4) is 0 Å². The molecule has 0 aliphatic rings. The maximum atomic E-state index is 6.49. The van der Waals surface area contributed by atoms with Crippen molar-refractivity contribution < 1.29 is 0 Å². The van der Waals surface area contributed by atoms with Crippen molar-refractivity contribution >= 4 is 27.5 Å². The Morgan fingerprint density at radius 1 is 1.25 bits per heavy atom. The third kappa shape index (κ3) is 3.49. The van der Waals surface area contributed by atoms with E-state index in [0.29, 0.717) is 5.92 Å². The maximum Gasteiger partial charge on any atom is 0.0590 e. The van der Waals surface area contributed by atoms with E-state index in [9.17, 15) is 0 Å². The zero-order valence-electron chi connectivity index (χ0n) is 10.5. The highest BCUT2D eigenvalue weighted by atomic mass is 79.9. The van der Waals surface area contributed by atoms with Gasteiger partial charge in [0.2, 0.25) is 0 Å². The molecular weight excluding hydrogens is 284 g/mol. The van der Waals surface area contributed by atoms with E-state index in [1.807, 2.05) is 0 Å². The van der Waals surface area contributed by atoms with Crippen molar-refractivity contribution in [3.8, 4) is 0 Å². The van der Waals surface area contributed by atoms with Crippen LogP contribution < -0.4 is 0 Å². The van der Waals surface area contributed by atoms with Crippen molar-refractivity contribution in [3.63, 3.8) is 0 Å². The Hall–Kier alpha value is -0.0100. The van der Waals surface area contributed by atoms with Crippen LogP contribution in [0, 0.1) is 19.8 Å². The smallest absolute Gasteiger partial charge is 0.0590 e. The van der Waals surface area contributed by atoms with Crippen molar-refractivity contribution in [1.82, 2.24) is 0 Å². The highest BCUT2D eigenvalue weighted by Gasteiger charge is 2.14. The van der Waals surface area contributed by atoms with Crippen LogP contribution in [-0.4, -0.2) is 0 Å². The summed E-state index contributed by atoms with van der Waals surface area (Å²) in [4.78, 5) is 0. The van der Waals surface area contributed by atoms with Crippen molar-refractivity contribution in [2.75, 3.05) is 0 Å². The first-order valence-corrected chi connectivity index (χ1v) is 7.09. The summed E-state index contributed by atoms with van der Waals surface area (Å²) in [6.45, 7) is 8.72. The molecule has 0 saturated heterocycles. The molecule has 0 radical (unpaired) electrons. The summed E-state index contributed by atoms with van der Waals surface area (Å²) >= 11 is 10.0. The second kappa shape index (κ2) is 6.07. The molecule has 0 spiro atoms. The highest BCUT2D eigenvalue weighted by molar-refractivity contribution is 9.10. The Morgan fingerprint density at radius 3 is 2.44 bits per heavy atom. The van der Waals surface area contributed by atoms with Gasteiger partial charge in [0.05, 0.1) is 5.38 Å². The average Bonchev–Trinajstić information content (AvgIpc) is 2.23. The first-order valence-electron chi connectivity index (χ1n) is 5.86. The minimum atomic E-state index is 0.141. The lowest BCUT2D eigenvalue weighted by molar-refractivity contribution is 0.507. The summed E-state index contributed by atoms with van der Waals surface area (Å²) in [7, 11) is 0. The molecule has 0 N–H and O–H groups in total. The van der Waals surface area contributed by atoms with Crippen molar-refractivity contribution in [3.05, 3.63) is 33.3 Å². The molecule has 2 heteroatoms. The second-order valence-corrected chi connectivity index (χ2v) is 6.06. The van der Waals surface area contributed by atoms with Gasteiger partial charge < -0.3 is 0 Å². The van der Waals surface area contributed by atoms with E-state index >= 15 is 0 Å². The molecule has 1 aromatic rings. The second-order valence-electron chi connectivity index (χ2n) is 4.67. The third-order valence-corrected chi connectivity index (χ3v) is 4.46. The molecule has 0 fully saturated rings. The largest absolute Gasteiger partial charge is 0.118 e. The summed E-state index contributed by atoms with van der Waals surface area (Å²) in [6, 6.07) is 4.37. The standard InChI is InChI=1S/C14H20BrCl/c1-5-9(2)6-14(16)12-7-11(4)13(15)8-10(12)3/h7-9,14H,5-6H2,1-4H3. The number of hydrogen-bond acceptors (Lipinski definition) is 0. The SMILES string of the molecule is CCC(C)CC(Cl)c1cc(C)c(Br)cc1C. The van der Waals surface area contributed by atoms with E-state index in [1.165, 1.54) is 27.6 Å². The molecule has 1 aromatic carbocycles. The van der Waals surface area contributed by atoms with Gasteiger partial charge in [0.1, 0.15) is 0 Å². The van der Waals surface area contributed by atoms with Gasteiger partial charge in [-0.3, -0.25) is 0 Å². The van der Waals surface area contributed by atoms with Gasteiger partial charge in [0.25, 0.3) is 0 Å². The van der Waals surface area contributed by atoms with Gasteiger partial charge in [-0.2, -0.15) is 0 Å². The number of aryl methyl sites for hydroxylation is 2. The number of hydrogen-bond donors (Lipinski definition) is 0. The van der Waals surface area contributed by atoms with Crippen molar-refractivity contribution in [1.29, 1.82) is 0 Å². The Morgan fingerprint density at radius 2 is 1.88 bits per heavy atom. The van der Waals surface area contributed by atoms with E-state index < -0.39 is 0 Å². The number of halogens is 2. The highest BCUT2D eigenvalue weighted by Crippen LogP contribution is 2.33. The van der Waals surface area contributed by atoms with Crippen LogP contribution >= 0.6 is 27.5 Å². The van der Waals surface area contributed by atoms with Gasteiger partial charge in [-0.05, 0) is 48.9 Å². The molecule has 16 heavy (non-hydrogen) atoms. The molecule has 2 atom stereocenters. The molecular formula is C14H20BrCl. The summed E-state index contributed by atoms with van der Waals surface area (Å²) in [5, 5.41) is 0.141. The van der Waals surface area contributed by atoms with Crippen LogP contribution in [0.4, 0.5) is 0 Å². The van der Waals surface area contributed by atoms with E-state index in [2.05, 4.69) is 55.8 Å². The fraction of sp³-hybridized carbons (Fsp3) is 0.571. The summed E-state index contributed by atoms with van der Waals surface area (Å²) in [6.07, 6.45) is 2.25. The van der Waals surface area contributed by atoms with E-state index in [0.717, 1.165) is 6.42 Å². The molecule has 0 heterocycles. The first-order chi connectivity index (χ1) is 7.45. The molecule has 1 rings (SSSR count). The lowest BCUT2D eigenvalue weighted by atomic mass is 9.95.